The Morgan fingerprint density at radius 2 is 1.58 bits per heavy atom. The van der Waals surface area contributed by atoms with E-state index in [0.29, 0.717) is 6.23 Å². The number of phenolic OH excluding ortho intramolecular Hbond substituents is 1. The molecule has 0 heterocycles. The lowest BCUT2D eigenvalue weighted by Gasteiger charge is -2.23. The molecule has 0 unspecified atom stereocenters. The Labute approximate surface area is 119 Å². The van der Waals surface area contributed by atoms with Crippen LogP contribution in [-0.4, -0.2) is 19.4 Å². The minimum absolute atomic E-state index is 0.251. The van der Waals surface area contributed by atoms with E-state index in [1.165, 1.54) is 5.19 Å². The first-order valence-electron chi connectivity index (χ1n) is 6.15. The summed E-state index contributed by atoms with van der Waals surface area (Å²) in [6.07, 6.45) is 0.694. The highest BCUT2D eigenvalue weighted by Gasteiger charge is 2.24. The summed E-state index contributed by atoms with van der Waals surface area (Å²) in [6, 6.07) is 14.8. The molecule has 0 saturated heterocycles. The van der Waals surface area contributed by atoms with Gasteiger partial charge in [-0.3, -0.25) is 0 Å². The van der Waals surface area contributed by atoms with Gasteiger partial charge in [-0.15, -0.1) is 0 Å². The largest absolute Gasteiger partial charge is 0.508 e. The van der Waals surface area contributed by atoms with Crippen LogP contribution in [-0.2, 0) is 0 Å². The summed E-state index contributed by atoms with van der Waals surface area (Å²) in [7, 11) is -1.64. The van der Waals surface area contributed by atoms with Gasteiger partial charge in [0.25, 0.3) is 0 Å². The molecule has 0 aliphatic heterocycles. The molecule has 0 spiro atoms. The highest BCUT2D eigenvalue weighted by molar-refractivity contribution is 6.89. The molecule has 0 amide bonds. The molecule has 1 N–H and O–H groups in total. The first kappa shape index (κ1) is 14.0. The second-order valence-corrected chi connectivity index (χ2v) is 10.2. The molecule has 0 bridgehead atoms. The van der Waals surface area contributed by atoms with Crippen LogP contribution in [0.2, 0.25) is 18.1 Å². The van der Waals surface area contributed by atoms with E-state index in [1.807, 2.05) is 12.1 Å². The minimum atomic E-state index is -1.64. The molecule has 2 nitrogen and oxygen atoms in total. The van der Waals surface area contributed by atoms with Gasteiger partial charge in [-0.25, -0.2) is 0 Å². The van der Waals surface area contributed by atoms with Crippen LogP contribution in [0.25, 0.3) is 0 Å². The van der Waals surface area contributed by atoms with Crippen molar-refractivity contribution in [3.63, 3.8) is 0 Å². The van der Waals surface area contributed by atoms with E-state index in [1.54, 1.807) is 24.3 Å². The molecule has 4 heteroatoms. The number of halogens is 1. The summed E-state index contributed by atoms with van der Waals surface area (Å²) in [5, 5.41) is 11.3. The van der Waals surface area contributed by atoms with Gasteiger partial charge in [0, 0.05) is 5.02 Å². The Morgan fingerprint density at radius 3 is 2.16 bits per heavy atom. The Balaban J connectivity index is 2.04. The first-order valence-corrected chi connectivity index (χ1v) is 9.74. The molecule has 19 heavy (non-hydrogen) atoms. The van der Waals surface area contributed by atoms with Crippen molar-refractivity contribution in [1.82, 2.24) is 0 Å². The summed E-state index contributed by atoms with van der Waals surface area (Å²) in [4.78, 5) is 0. The Hall–Kier alpha value is -1.45. The van der Waals surface area contributed by atoms with Gasteiger partial charge in [-0.1, -0.05) is 42.0 Å². The molecule has 2 aromatic rings. The lowest BCUT2D eigenvalue weighted by molar-refractivity contribution is 0.378. The van der Waals surface area contributed by atoms with Crippen molar-refractivity contribution >= 4 is 24.9 Å². The fraction of sp³-hybridized carbons (Fsp3) is 0.200. The van der Waals surface area contributed by atoms with Crippen molar-refractivity contribution < 1.29 is 9.84 Å². The molecule has 0 fully saturated rings. The molecular weight excluding hydrogens is 276 g/mol. The van der Waals surface area contributed by atoms with Crippen LogP contribution < -0.4 is 9.92 Å². The SMILES string of the molecule is C[Si](C)(COc1ccc(O)cc1)c1ccc(Cl)cc1. The van der Waals surface area contributed by atoms with Crippen LogP contribution in [0, 0.1) is 0 Å². The average molecular weight is 293 g/mol. The van der Waals surface area contributed by atoms with Crippen LogP contribution in [0.4, 0.5) is 0 Å². The zero-order valence-electron chi connectivity index (χ0n) is 11.1. The molecule has 2 aromatic carbocycles. The van der Waals surface area contributed by atoms with E-state index in [2.05, 4.69) is 25.2 Å². The van der Waals surface area contributed by atoms with Gasteiger partial charge < -0.3 is 9.84 Å². The Bertz CT molecular complexity index is 535. The minimum Gasteiger partial charge on any atom is -0.508 e. The van der Waals surface area contributed by atoms with Crippen molar-refractivity contribution in [1.29, 1.82) is 0 Å². The third kappa shape index (κ3) is 3.75. The molecule has 100 valence electrons. The third-order valence-corrected chi connectivity index (χ3v) is 6.08. The summed E-state index contributed by atoms with van der Waals surface area (Å²) in [6.45, 7) is 4.52. The highest BCUT2D eigenvalue weighted by Crippen LogP contribution is 2.17. The average Bonchev–Trinajstić information content (AvgIpc) is 2.39. The molecule has 0 atom stereocenters. The number of phenols is 1. The summed E-state index contributed by atoms with van der Waals surface area (Å²) in [5.74, 6) is 1.04. The highest BCUT2D eigenvalue weighted by atomic mass is 35.5. The maximum Gasteiger partial charge on any atom is 0.124 e. The molecule has 0 aliphatic carbocycles. The number of rotatable bonds is 4. The summed E-state index contributed by atoms with van der Waals surface area (Å²) >= 11 is 5.91. The van der Waals surface area contributed by atoms with Gasteiger partial charge in [0.15, 0.2) is 0 Å². The van der Waals surface area contributed by atoms with Crippen LogP contribution in [0.3, 0.4) is 0 Å². The molecule has 0 aliphatic rings. The van der Waals surface area contributed by atoms with Crippen molar-refractivity contribution in [2.75, 3.05) is 6.23 Å². The lowest BCUT2D eigenvalue weighted by atomic mass is 10.3. The second-order valence-electron chi connectivity index (χ2n) is 5.17. The van der Waals surface area contributed by atoms with Gasteiger partial charge >= 0.3 is 0 Å². The fourth-order valence-corrected chi connectivity index (χ4v) is 3.68. The van der Waals surface area contributed by atoms with Gasteiger partial charge in [0.2, 0.25) is 0 Å². The van der Waals surface area contributed by atoms with Crippen LogP contribution in [0.1, 0.15) is 0 Å². The van der Waals surface area contributed by atoms with Crippen molar-refractivity contribution in [3.8, 4) is 11.5 Å². The van der Waals surface area contributed by atoms with Crippen molar-refractivity contribution in [2.24, 2.45) is 0 Å². The maximum atomic E-state index is 9.23. The predicted molar refractivity (Wildman–Crippen MR) is 82.2 cm³/mol. The monoisotopic (exact) mass is 292 g/mol. The number of ether oxygens (including phenoxy) is 1. The molecule has 2 rings (SSSR count). The van der Waals surface area contributed by atoms with Gasteiger partial charge in [-0.05, 0) is 36.4 Å². The summed E-state index contributed by atoms with van der Waals surface area (Å²) < 4.78 is 5.83. The van der Waals surface area contributed by atoms with E-state index in [0.717, 1.165) is 10.8 Å². The van der Waals surface area contributed by atoms with Crippen molar-refractivity contribution in [3.05, 3.63) is 53.6 Å². The fourth-order valence-electron chi connectivity index (χ4n) is 1.79. The van der Waals surface area contributed by atoms with Gasteiger partial charge in [0.05, 0.1) is 6.23 Å². The summed E-state index contributed by atoms with van der Waals surface area (Å²) in [5.41, 5.74) is 0. The first-order chi connectivity index (χ1) is 8.97. The maximum absolute atomic E-state index is 9.23. The van der Waals surface area contributed by atoms with Crippen molar-refractivity contribution in [2.45, 2.75) is 13.1 Å². The smallest absolute Gasteiger partial charge is 0.124 e. The number of aromatic hydroxyl groups is 1. The standard InChI is InChI=1S/C15H17ClO2Si/c1-19(2,15-9-3-12(16)4-10-15)11-18-14-7-5-13(17)6-8-14/h3-10,17H,11H2,1-2H3. The molecule has 0 radical (unpaired) electrons. The molecule has 0 saturated carbocycles. The predicted octanol–water partition coefficient (Wildman–Crippen LogP) is 3.58. The van der Waals surface area contributed by atoms with E-state index >= 15 is 0 Å². The topological polar surface area (TPSA) is 29.5 Å². The number of hydrogen-bond donors (Lipinski definition) is 1. The van der Waals surface area contributed by atoms with E-state index in [-0.39, 0.29) is 5.75 Å². The second kappa shape index (κ2) is 5.68. The van der Waals surface area contributed by atoms with Crippen LogP contribution in [0.5, 0.6) is 11.5 Å². The zero-order chi connectivity index (χ0) is 13.9. The van der Waals surface area contributed by atoms with E-state index in [9.17, 15) is 5.11 Å². The number of benzene rings is 2. The van der Waals surface area contributed by atoms with E-state index in [4.69, 9.17) is 16.3 Å². The van der Waals surface area contributed by atoms with Crippen LogP contribution >= 0.6 is 11.6 Å². The van der Waals surface area contributed by atoms with Gasteiger partial charge in [0.1, 0.15) is 19.6 Å². The lowest BCUT2D eigenvalue weighted by Crippen LogP contribution is -2.47. The Kier molecular flexibility index (Phi) is 4.17. The quantitative estimate of drug-likeness (QED) is 0.873. The molecule has 0 aromatic heterocycles. The number of hydrogen-bond acceptors (Lipinski definition) is 2. The zero-order valence-corrected chi connectivity index (χ0v) is 12.8. The Morgan fingerprint density at radius 1 is 1.00 bits per heavy atom. The van der Waals surface area contributed by atoms with Crippen LogP contribution in [0.15, 0.2) is 48.5 Å². The third-order valence-electron chi connectivity index (χ3n) is 3.06. The van der Waals surface area contributed by atoms with Gasteiger partial charge in [-0.2, -0.15) is 0 Å². The van der Waals surface area contributed by atoms with E-state index < -0.39 is 8.07 Å². The molecular formula is C15H17ClO2Si. The normalized spacial score (nSPS) is 11.3.